The molecule has 7 heteroatoms. The SMILES string of the molecule is CCCN(C1CC2CCC(C1)N2)S(=O)(=O)c1sccc1Br. The van der Waals surface area contributed by atoms with Gasteiger partial charge in [0.25, 0.3) is 10.0 Å². The Morgan fingerprint density at radius 1 is 1.38 bits per heavy atom. The van der Waals surface area contributed by atoms with Crippen LogP contribution >= 0.6 is 27.3 Å². The van der Waals surface area contributed by atoms with Crippen molar-refractivity contribution in [1.29, 1.82) is 0 Å². The summed E-state index contributed by atoms with van der Waals surface area (Å²) in [6, 6.07) is 2.95. The van der Waals surface area contributed by atoms with Crippen molar-refractivity contribution in [3.8, 4) is 0 Å². The van der Waals surface area contributed by atoms with Crippen LogP contribution in [0, 0.1) is 0 Å². The molecule has 118 valence electrons. The molecule has 1 aromatic rings. The number of thiophene rings is 1. The highest BCUT2D eigenvalue weighted by Crippen LogP contribution is 2.36. The molecule has 3 rings (SSSR count). The highest BCUT2D eigenvalue weighted by atomic mass is 79.9. The molecule has 1 aromatic heterocycles. The third-order valence-corrected chi connectivity index (χ3v) is 9.03. The van der Waals surface area contributed by atoms with E-state index in [2.05, 4.69) is 21.2 Å². The molecular weight excluding hydrogens is 372 g/mol. The molecule has 2 atom stereocenters. The number of fused-ring (bicyclic) bond motifs is 2. The van der Waals surface area contributed by atoms with Crippen LogP contribution in [0.3, 0.4) is 0 Å². The van der Waals surface area contributed by atoms with Gasteiger partial charge in [-0.25, -0.2) is 8.42 Å². The van der Waals surface area contributed by atoms with Crippen LogP contribution in [0.4, 0.5) is 0 Å². The van der Waals surface area contributed by atoms with Crippen molar-refractivity contribution in [3.63, 3.8) is 0 Å². The normalized spacial score (nSPS) is 29.2. The first-order valence-electron chi connectivity index (χ1n) is 7.53. The molecule has 2 unspecified atom stereocenters. The summed E-state index contributed by atoms with van der Waals surface area (Å²) in [7, 11) is -3.39. The van der Waals surface area contributed by atoms with Crippen LogP contribution in [-0.4, -0.2) is 37.4 Å². The minimum absolute atomic E-state index is 0.141. The number of halogens is 1. The number of nitrogens with one attached hydrogen (secondary N) is 1. The number of hydrogen-bond acceptors (Lipinski definition) is 4. The molecule has 2 saturated heterocycles. The van der Waals surface area contributed by atoms with E-state index in [0.717, 1.165) is 19.3 Å². The molecule has 0 radical (unpaired) electrons. The van der Waals surface area contributed by atoms with E-state index in [-0.39, 0.29) is 6.04 Å². The molecule has 2 aliphatic rings. The van der Waals surface area contributed by atoms with E-state index in [0.29, 0.717) is 27.3 Å². The number of hydrogen-bond donors (Lipinski definition) is 1. The Labute approximate surface area is 139 Å². The van der Waals surface area contributed by atoms with E-state index in [9.17, 15) is 8.42 Å². The van der Waals surface area contributed by atoms with Gasteiger partial charge in [0.15, 0.2) is 0 Å². The summed E-state index contributed by atoms with van der Waals surface area (Å²) in [6.45, 7) is 2.65. The number of sulfonamides is 1. The van der Waals surface area contributed by atoms with Crippen molar-refractivity contribution in [2.75, 3.05) is 6.54 Å². The van der Waals surface area contributed by atoms with E-state index < -0.39 is 10.0 Å². The second-order valence-electron chi connectivity index (χ2n) is 5.93. The zero-order chi connectivity index (χ0) is 15.0. The Hall–Kier alpha value is 0.0500. The Kier molecular flexibility index (Phi) is 4.76. The van der Waals surface area contributed by atoms with Crippen LogP contribution in [0.2, 0.25) is 0 Å². The average Bonchev–Trinajstić information content (AvgIpc) is 3.02. The maximum atomic E-state index is 13.0. The van der Waals surface area contributed by atoms with E-state index in [1.54, 1.807) is 4.31 Å². The molecule has 0 aromatic carbocycles. The molecule has 4 nitrogen and oxygen atoms in total. The van der Waals surface area contributed by atoms with E-state index in [1.807, 2.05) is 18.4 Å². The quantitative estimate of drug-likeness (QED) is 0.836. The summed E-state index contributed by atoms with van der Waals surface area (Å²) in [4.78, 5) is 0. The molecule has 0 saturated carbocycles. The Balaban J connectivity index is 1.89. The number of nitrogens with zero attached hydrogens (tertiary/aromatic N) is 1. The van der Waals surface area contributed by atoms with Crippen LogP contribution in [-0.2, 0) is 10.0 Å². The second kappa shape index (κ2) is 6.28. The van der Waals surface area contributed by atoms with Crippen molar-refractivity contribution in [3.05, 3.63) is 15.9 Å². The fraction of sp³-hybridized carbons (Fsp3) is 0.714. The van der Waals surface area contributed by atoms with Crippen LogP contribution in [0.5, 0.6) is 0 Å². The lowest BCUT2D eigenvalue weighted by molar-refractivity contribution is 0.226. The maximum Gasteiger partial charge on any atom is 0.253 e. The van der Waals surface area contributed by atoms with Gasteiger partial charge in [-0.3, -0.25) is 0 Å². The van der Waals surface area contributed by atoms with Gasteiger partial charge in [-0.15, -0.1) is 11.3 Å². The topological polar surface area (TPSA) is 49.4 Å². The van der Waals surface area contributed by atoms with Gasteiger partial charge >= 0.3 is 0 Å². The van der Waals surface area contributed by atoms with Gasteiger partial charge in [-0.05, 0) is 59.5 Å². The highest BCUT2D eigenvalue weighted by Gasteiger charge is 2.40. The second-order valence-corrected chi connectivity index (χ2v) is 9.79. The molecule has 0 aliphatic carbocycles. The molecule has 3 heterocycles. The fourth-order valence-electron chi connectivity index (χ4n) is 3.55. The monoisotopic (exact) mass is 392 g/mol. The molecule has 0 spiro atoms. The summed E-state index contributed by atoms with van der Waals surface area (Å²) < 4.78 is 28.9. The van der Waals surface area contributed by atoms with Gasteiger partial charge in [0.1, 0.15) is 4.21 Å². The van der Waals surface area contributed by atoms with Gasteiger partial charge in [-0.1, -0.05) is 6.92 Å². The number of piperidine rings is 1. The first kappa shape index (κ1) is 15.9. The summed E-state index contributed by atoms with van der Waals surface area (Å²) in [5, 5.41) is 5.41. The average molecular weight is 393 g/mol. The zero-order valence-corrected chi connectivity index (χ0v) is 15.3. The molecule has 0 amide bonds. The summed E-state index contributed by atoms with van der Waals surface area (Å²) in [5.41, 5.74) is 0. The molecule has 1 N–H and O–H groups in total. The predicted octanol–water partition coefficient (Wildman–Crippen LogP) is 3.19. The van der Waals surface area contributed by atoms with Crippen molar-refractivity contribution < 1.29 is 8.42 Å². The lowest BCUT2D eigenvalue weighted by Crippen LogP contribution is -2.50. The van der Waals surface area contributed by atoms with Gasteiger partial charge < -0.3 is 5.32 Å². The molecule has 21 heavy (non-hydrogen) atoms. The molecule has 2 aliphatic heterocycles. The van der Waals surface area contributed by atoms with E-state index >= 15 is 0 Å². The third-order valence-electron chi connectivity index (χ3n) is 4.43. The predicted molar refractivity (Wildman–Crippen MR) is 89.2 cm³/mol. The van der Waals surface area contributed by atoms with Crippen LogP contribution < -0.4 is 5.32 Å². The van der Waals surface area contributed by atoms with E-state index in [1.165, 1.54) is 24.2 Å². The lowest BCUT2D eigenvalue weighted by Gasteiger charge is -2.36. The molecule has 2 fully saturated rings. The van der Waals surface area contributed by atoms with Crippen LogP contribution in [0.1, 0.15) is 39.0 Å². The zero-order valence-electron chi connectivity index (χ0n) is 12.1. The molecule has 2 bridgehead atoms. The Morgan fingerprint density at radius 2 is 2.05 bits per heavy atom. The minimum atomic E-state index is -3.39. The Morgan fingerprint density at radius 3 is 2.57 bits per heavy atom. The smallest absolute Gasteiger partial charge is 0.253 e. The summed E-state index contributed by atoms with van der Waals surface area (Å²) in [5.74, 6) is 0. The van der Waals surface area contributed by atoms with E-state index in [4.69, 9.17) is 0 Å². The minimum Gasteiger partial charge on any atom is -0.311 e. The van der Waals surface area contributed by atoms with Gasteiger partial charge in [-0.2, -0.15) is 4.31 Å². The van der Waals surface area contributed by atoms with Crippen LogP contribution in [0.15, 0.2) is 20.1 Å². The van der Waals surface area contributed by atoms with Crippen molar-refractivity contribution >= 4 is 37.3 Å². The lowest BCUT2D eigenvalue weighted by atomic mass is 10.00. The van der Waals surface area contributed by atoms with Gasteiger partial charge in [0.05, 0.1) is 0 Å². The van der Waals surface area contributed by atoms with Crippen LogP contribution in [0.25, 0.3) is 0 Å². The summed E-state index contributed by atoms with van der Waals surface area (Å²) >= 11 is 4.67. The highest BCUT2D eigenvalue weighted by molar-refractivity contribution is 9.10. The van der Waals surface area contributed by atoms with Crippen molar-refractivity contribution in [2.45, 2.75) is 61.4 Å². The largest absolute Gasteiger partial charge is 0.311 e. The third kappa shape index (κ3) is 3.08. The fourth-order valence-corrected chi connectivity index (χ4v) is 7.72. The van der Waals surface area contributed by atoms with Crippen molar-refractivity contribution in [2.24, 2.45) is 0 Å². The number of rotatable bonds is 5. The van der Waals surface area contributed by atoms with Gasteiger partial charge in [0.2, 0.25) is 0 Å². The Bertz CT molecular complexity index is 590. The first-order chi connectivity index (χ1) is 10.0. The summed E-state index contributed by atoms with van der Waals surface area (Å²) in [6.07, 6.45) is 5.10. The first-order valence-corrected chi connectivity index (χ1v) is 10.6. The molecular formula is C14H21BrN2O2S2. The van der Waals surface area contributed by atoms with Gasteiger partial charge in [0, 0.05) is 29.1 Å². The maximum absolute atomic E-state index is 13.0. The van der Waals surface area contributed by atoms with Crippen molar-refractivity contribution in [1.82, 2.24) is 9.62 Å². The standard InChI is InChI=1S/C14H21BrN2O2S2/c1-2-6-17(12-8-10-3-4-11(9-12)16-10)21(18,19)14-13(15)5-7-20-14/h5,7,10-12,16H,2-4,6,8-9H2,1H3.